The molecule has 1 fully saturated rings. The molecule has 1 aromatic heterocycles. The van der Waals surface area contributed by atoms with Gasteiger partial charge in [0.2, 0.25) is 10.0 Å². The first-order chi connectivity index (χ1) is 15.8. The lowest BCUT2D eigenvalue weighted by Gasteiger charge is -2.50. The van der Waals surface area contributed by atoms with Crippen LogP contribution in [-0.2, 0) is 10.0 Å². The summed E-state index contributed by atoms with van der Waals surface area (Å²) in [4.78, 5) is 2.64. The van der Waals surface area contributed by atoms with Crippen molar-refractivity contribution in [2.45, 2.75) is 29.9 Å². The molecule has 1 aliphatic heterocycles. The van der Waals surface area contributed by atoms with Gasteiger partial charge in [-0.2, -0.15) is 0 Å². The number of thiophene rings is 1. The van der Waals surface area contributed by atoms with Gasteiger partial charge in [0.1, 0.15) is 4.90 Å². The standard InChI is InChI=1S/C25H22Cl2N2O2S2/c1-16-22(28-33(30,31)24-15-32-23-5-3-2-4-21(23)24)14-29(16)25(17-6-10-19(26)11-7-17)18-8-12-20(27)13-9-18/h2-13,15-16,22,25,28H,14H2,1H3/t16-,22+/m0/s1. The van der Waals surface area contributed by atoms with Gasteiger partial charge in [0, 0.05) is 38.1 Å². The number of likely N-dealkylation sites (tertiary alicyclic amines) is 1. The van der Waals surface area contributed by atoms with E-state index in [1.54, 1.807) is 5.38 Å². The Morgan fingerprint density at radius 1 is 0.939 bits per heavy atom. The van der Waals surface area contributed by atoms with Crippen molar-refractivity contribution in [3.8, 4) is 0 Å². The van der Waals surface area contributed by atoms with Crippen molar-refractivity contribution in [3.63, 3.8) is 0 Å². The largest absolute Gasteiger partial charge is 0.286 e. The van der Waals surface area contributed by atoms with E-state index in [1.165, 1.54) is 11.3 Å². The molecule has 33 heavy (non-hydrogen) atoms. The molecule has 1 N–H and O–H groups in total. The molecule has 0 bridgehead atoms. The van der Waals surface area contributed by atoms with Crippen LogP contribution in [0.4, 0.5) is 0 Å². The fraction of sp³-hybridized carbons (Fsp3) is 0.200. The van der Waals surface area contributed by atoms with Gasteiger partial charge in [-0.25, -0.2) is 13.1 Å². The van der Waals surface area contributed by atoms with E-state index in [-0.39, 0.29) is 18.1 Å². The molecule has 0 radical (unpaired) electrons. The van der Waals surface area contributed by atoms with Crippen LogP contribution in [0.5, 0.6) is 0 Å². The maximum atomic E-state index is 13.2. The van der Waals surface area contributed by atoms with Gasteiger partial charge in [-0.3, -0.25) is 4.90 Å². The van der Waals surface area contributed by atoms with Gasteiger partial charge < -0.3 is 0 Å². The van der Waals surface area contributed by atoms with Crippen molar-refractivity contribution in [3.05, 3.63) is 99.3 Å². The third-order valence-corrected chi connectivity index (χ3v) is 9.40. The summed E-state index contributed by atoms with van der Waals surface area (Å²) in [5.41, 5.74) is 2.19. The predicted molar refractivity (Wildman–Crippen MR) is 137 cm³/mol. The highest BCUT2D eigenvalue weighted by Gasteiger charge is 2.43. The number of nitrogens with one attached hydrogen (secondary N) is 1. The van der Waals surface area contributed by atoms with Crippen LogP contribution in [0, 0.1) is 0 Å². The Morgan fingerprint density at radius 3 is 2.09 bits per heavy atom. The molecule has 0 amide bonds. The summed E-state index contributed by atoms with van der Waals surface area (Å²) in [6, 6.07) is 23.0. The Balaban J connectivity index is 1.40. The fourth-order valence-electron chi connectivity index (χ4n) is 4.41. The topological polar surface area (TPSA) is 49.4 Å². The van der Waals surface area contributed by atoms with E-state index in [4.69, 9.17) is 23.2 Å². The quantitative estimate of drug-likeness (QED) is 0.324. The minimum Gasteiger partial charge on any atom is -0.286 e. The van der Waals surface area contributed by atoms with E-state index in [1.807, 2.05) is 72.8 Å². The molecule has 5 rings (SSSR count). The monoisotopic (exact) mass is 516 g/mol. The number of hydrogen-bond donors (Lipinski definition) is 1. The minimum atomic E-state index is -3.63. The van der Waals surface area contributed by atoms with Crippen molar-refractivity contribution in [2.75, 3.05) is 6.54 Å². The molecule has 0 saturated carbocycles. The van der Waals surface area contributed by atoms with Crippen molar-refractivity contribution in [1.29, 1.82) is 0 Å². The Labute approximate surface area is 207 Å². The molecule has 0 aliphatic carbocycles. The predicted octanol–water partition coefficient (Wildman–Crippen LogP) is 6.35. The van der Waals surface area contributed by atoms with Gasteiger partial charge in [0.25, 0.3) is 0 Å². The zero-order chi connectivity index (χ0) is 23.2. The van der Waals surface area contributed by atoms with Crippen LogP contribution in [0.15, 0.2) is 83.1 Å². The maximum Gasteiger partial charge on any atom is 0.242 e. The van der Waals surface area contributed by atoms with Crippen molar-refractivity contribution >= 4 is 54.6 Å². The van der Waals surface area contributed by atoms with Crippen molar-refractivity contribution in [1.82, 2.24) is 9.62 Å². The lowest BCUT2D eigenvalue weighted by molar-refractivity contribution is 0.0370. The highest BCUT2D eigenvalue weighted by atomic mass is 35.5. The zero-order valence-electron chi connectivity index (χ0n) is 17.8. The van der Waals surface area contributed by atoms with E-state index < -0.39 is 10.0 Å². The first kappa shape index (κ1) is 22.8. The Kier molecular flexibility index (Phi) is 6.25. The van der Waals surface area contributed by atoms with Crippen LogP contribution < -0.4 is 4.72 Å². The molecule has 0 spiro atoms. The maximum absolute atomic E-state index is 13.2. The number of sulfonamides is 1. The van der Waals surface area contributed by atoms with Gasteiger partial charge in [0.15, 0.2) is 0 Å². The van der Waals surface area contributed by atoms with Gasteiger partial charge in [-0.1, -0.05) is 65.7 Å². The van der Waals surface area contributed by atoms with Gasteiger partial charge >= 0.3 is 0 Å². The molecule has 170 valence electrons. The Morgan fingerprint density at radius 2 is 1.52 bits per heavy atom. The molecule has 8 heteroatoms. The number of rotatable bonds is 6. The Hall–Kier alpha value is -1.93. The summed E-state index contributed by atoms with van der Waals surface area (Å²) in [5, 5.41) is 3.84. The fourth-order valence-corrected chi connectivity index (χ4v) is 7.46. The van der Waals surface area contributed by atoms with Gasteiger partial charge in [-0.05, 0) is 48.4 Å². The molecule has 1 saturated heterocycles. The molecule has 3 aromatic carbocycles. The molecule has 2 atom stereocenters. The lowest BCUT2D eigenvalue weighted by Crippen LogP contribution is -2.66. The Bertz CT molecular complexity index is 1340. The minimum absolute atomic E-state index is 0.000955. The summed E-state index contributed by atoms with van der Waals surface area (Å²) in [7, 11) is -3.63. The average Bonchev–Trinajstić information content (AvgIpc) is 3.25. The van der Waals surface area contributed by atoms with Gasteiger partial charge in [-0.15, -0.1) is 11.3 Å². The molecule has 4 aromatic rings. The lowest BCUT2D eigenvalue weighted by atomic mass is 9.89. The second-order valence-corrected chi connectivity index (χ2v) is 11.7. The SMILES string of the molecule is C[C@H]1[C@H](NS(=O)(=O)c2csc3ccccc23)CN1C(c1ccc(Cl)cc1)c1ccc(Cl)cc1. The summed E-state index contributed by atoms with van der Waals surface area (Å²) >= 11 is 13.7. The summed E-state index contributed by atoms with van der Waals surface area (Å²) in [6.07, 6.45) is 0. The first-order valence-corrected chi connectivity index (χ1v) is 13.7. The average molecular weight is 518 g/mol. The molecule has 1 aliphatic rings. The molecule has 2 heterocycles. The van der Waals surface area contributed by atoms with Crippen molar-refractivity contribution in [2.24, 2.45) is 0 Å². The summed E-state index contributed by atoms with van der Waals surface area (Å²) < 4.78 is 30.3. The van der Waals surface area contributed by atoms with E-state index in [0.29, 0.717) is 21.5 Å². The van der Waals surface area contributed by atoms with Crippen LogP contribution in [-0.4, -0.2) is 31.9 Å². The van der Waals surface area contributed by atoms with E-state index in [9.17, 15) is 8.42 Å². The second-order valence-electron chi connectivity index (χ2n) is 8.27. The number of nitrogens with zero attached hydrogens (tertiary/aromatic N) is 1. The van der Waals surface area contributed by atoms with Crippen LogP contribution in [0.1, 0.15) is 24.1 Å². The normalized spacial score (nSPS) is 19.2. The molecule has 4 nitrogen and oxygen atoms in total. The van der Waals surface area contributed by atoms with E-state index in [2.05, 4.69) is 16.5 Å². The summed E-state index contributed by atoms with van der Waals surface area (Å²) in [6.45, 7) is 2.65. The smallest absolute Gasteiger partial charge is 0.242 e. The van der Waals surface area contributed by atoms with Crippen LogP contribution in [0.3, 0.4) is 0 Å². The third kappa shape index (κ3) is 4.44. The first-order valence-electron chi connectivity index (χ1n) is 10.6. The van der Waals surface area contributed by atoms with Crippen LogP contribution in [0.2, 0.25) is 10.0 Å². The molecular formula is C25H22Cl2N2O2S2. The zero-order valence-corrected chi connectivity index (χ0v) is 20.9. The summed E-state index contributed by atoms with van der Waals surface area (Å²) in [5.74, 6) is 0. The van der Waals surface area contributed by atoms with Crippen LogP contribution >= 0.6 is 34.5 Å². The number of benzene rings is 3. The van der Waals surface area contributed by atoms with E-state index in [0.717, 1.165) is 21.2 Å². The highest BCUT2D eigenvalue weighted by Crippen LogP contribution is 2.38. The van der Waals surface area contributed by atoms with E-state index >= 15 is 0 Å². The van der Waals surface area contributed by atoms with Crippen LogP contribution in [0.25, 0.3) is 10.1 Å². The third-order valence-electron chi connectivity index (χ3n) is 6.26. The second kappa shape index (κ2) is 9.02. The number of fused-ring (bicyclic) bond motifs is 1. The molecule has 0 unspecified atom stereocenters. The number of hydrogen-bond acceptors (Lipinski definition) is 4. The number of halogens is 2. The molecular weight excluding hydrogens is 495 g/mol. The van der Waals surface area contributed by atoms with Crippen molar-refractivity contribution < 1.29 is 8.42 Å². The van der Waals surface area contributed by atoms with Gasteiger partial charge in [0.05, 0.1) is 12.1 Å². The highest BCUT2D eigenvalue weighted by molar-refractivity contribution is 7.90.